The molecule has 0 aliphatic carbocycles. The number of morpholine rings is 1. The van der Waals surface area contributed by atoms with Crippen LogP contribution in [0.1, 0.15) is 12.8 Å². The summed E-state index contributed by atoms with van der Waals surface area (Å²) in [6.07, 6.45) is 1.90. The van der Waals surface area contributed by atoms with E-state index in [2.05, 4.69) is 34.5 Å². The summed E-state index contributed by atoms with van der Waals surface area (Å²) in [6.45, 7) is 4.00. The Kier molecular flexibility index (Phi) is 4.11. The van der Waals surface area contributed by atoms with Crippen molar-refractivity contribution in [1.82, 2.24) is 9.97 Å². The lowest BCUT2D eigenvalue weighted by atomic mass is 9.92. The molecule has 26 heavy (non-hydrogen) atoms. The Morgan fingerprint density at radius 3 is 2.73 bits per heavy atom. The number of hydrogen-bond donors (Lipinski definition) is 0. The number of hydrogen-bond acceptors (Lipinski definition) is 6. The number of para-hydroxylation sites is 1. The van der Waals surface area contributed by atoms with E-state index < -0.39 is 0 Å². The molecule has 5 rings (SSSR count). The molecule has 0 radical (unpaired) electrons. The van der Waals surface area contributed by atoms with Gasteiger partial charge >= 0.3 is 0 Å². The second-order valence-corrected chi connectivity index (χ2v) is 7.88. The molecule has 1 spiro atoms. The van der Waals surface area contributed by atoms with Crippen LogP contribution in [-0.2, 0) is 9.47 Å². The van der Waals surface area contributed by atoms with Gasteiger partial charge in [-0.05, 0) is 23.6 Å². The molecule has 134 valence electrons. The standard InChI is InChI=1S/C20H21N3O2S/c1-2-5-16-15(4-1)19(22-18(21-16)17-6-3-13-26-17)23-9-12-25-20(14-23)7-10-24-11-8-20/h1-6,13H,7-12,14H2. The predicted octanol–water partition coefficient (Wildman–Crippen LogP) is 3.74. The van der Waals surface area contributed by atoms with Crippen LogP contribution in [0.5, 0.6) is 0 Å². The van der Waals surface area contributed by atoms with E-state index in [1.165, 1.54) is 0 Å². The van der Waals surface area contributed by atoms with Gasteiger partial charge in [0.15, 0.2) is 5.82 Å². The molecular formula is C20H21N3O2S. The highest BCUT2D eigenvalue weighted by molar-refractivity contribution is 7.13. The molecule has 2 fully saturated rings. The molecule has 3 aromatic rings. The lowest BCUT2D eigenvalue weighted by Gasteiger charge is -2.45. The molecule has 5 nitrogen and oxygen atoms in total. The summed E-state index contributed by atoms with van der Waals surface area (Å²) in [5, 5.41) is 3.18. The first kappa shape index (κ1) is 16.2. The molecular weight excluding hydrogens is 346 g/mol. The fourth-order valence-corrected chi connectivity index (χ4v) is 4.55. The number of rotatable bonds is 2. The van der Waals surface area contributed by atoms with E-state index in [-0.39, 0.29) is 5.60 Å². The van der Waals surface area contributed by atoms with Crippen molar-refractivity contribution < 1.29 is 9.47 Å². The third-order valence-corrected chi connectivity index (χ3v) is 6.14. The summed E-state index contributed by atoms with van der Waals surface area (Å²) in [7, 11) is 0. The van der Waals surface area contributed by atoms with Gasteiger partial charge in [-0.25, -0.2) is 9.97 Å². The molecule has 2 saturated heterocycles. The highest BCUT2D eigenvalue weighted by atomic mass is 32.1. The topological polar surface area (TPSA) is 47.5 Å². The van der Waals surface area contributed by atoms with E-state index in [9.17, 15) is 0 Å². The van der Waals surface area contributed by atoms with Crippen molar-refractivity contribution in [2.45, 2.75) is 18.4 Å². The van der Waals surface area contributed by atoms with Gasteiger partial charge < -0.3 is 14.4 Å². The normalized spacial score (nSPS) is 19.9. The molecule has 2 aliphatic rings. The van der Waals surface area contributed by atoms with Crippen molar-refractivity contribution in [3.05, 3.63) is 41.8 Å². The Labute approximate surface area is 156 Å². The van der Waals surface area contributed by atoms with Crippen LogP contribution in [0, 0.1) is 0 Å². The van der Waals surface area contributed by atoms with Crippen LogP contribution in [0.25, 0.3) is 21.6 Å². The number of aromatic nitrogens is 2. The zero-order valence-electron chi connectivity index (χ0n) is 14.6. The Balaban J connectivity index is 1.59. The van der Waals surface area contributed by atoms with Crippen LogP contribution in [-0.4, -0.2) is 48.5 Å². The summed E-state index contributed by atoms with van der Waals surface area (Å²) < 4.78 is 11.8. The van der Waals surface area contributed by atoms with E-state index in [0.29, 0.717) is 0 Å². The largest absolute Gasteiger partial charge is 0.381 e. The number of ether oxygens (including phenoxy) is 2. The fourth-order valence-electron chi connectivity index (χ4n) is 3.89. The minimum atomic E-state index is -0.106. The predicted molar refractivity (Wildman–Crippen MR) is 104 cm³/mol. The van der Waals surface area contributed by atoms with E-state index in [1.54, 1.807) is 11.3 Å². The van der Waals surface area contributed by atoms with Gasteiger partial charge in [-0.2, -0.15) is 0 Å². The first-order valence-corrected chi connectivity index (χ1v) is 9.98. The molecule has 6 heteroatoms. The van der Waals surface area contributed by atoms with E-state index in [1.807, 2.05) is 12.1 Å². The monoisotopic (exact) mass is 367 g/mol. The molecule has 1 aromatic carbocycles. The SMILES string of the molecule is c1csc(-c2nc(N3CCOC4(CCOCC4)C3)c3ccccc3n2)c1. The van der Waals surface area contributed by atoms with E-state index in [4.69, 9.17) is 19.4 Å². The Morgan fingerprint density at radius 1 is 1.00 bits per heavy atom. The van der Waals surface area contributed by atoms with Gasteiger partial charge in [0.2, 0.25) is 0 Å². The zero-order valence-corrected chi connectivity index (χ0v) is 15.4. The van der Waals surface area contributed by atoms with E-state index in [0.717, 1.165) is 73.2 Å². The summed E-state index contributed by atoms with van der Waals surface area (Å²) in [4.78, 5) is 13.3. The van der Waals surface area contributed by atoms with Gasteiger partial charge in [0.1, 0.15) is 5.82 Å². The Morgan fingerprint density at radius 2 is 1.88 bits per heavy atom. The average Bonchev–Trinajstić information content (AvgIpc) is 3.23. The number of fused-ring (bicyclic) bond motifs is 1. The maximum Gasteiger partial charge on any atom is 0.172 e. The third-order valence-electron chi connectivity index (χ3n) is 5.28. The molecule has 0 unspecified atom stereocenters. The van der Waals surface area contributed by atoms with Crippen molar-refractivity contribution in [3.63, 3.8) is 0 Å². The van der Waals surface area contributed by atoms with Gasteiger partial charge in [-0.1, -0.05) is 18.2 Å². The van der Waals surface area contributed by atoms with E-state index >= 15 is 0 Å². The molecule has 0 N–H and O–H groups in total. The quantitative estimate of drug-likeness (QED) is 0.690. The molecule has 0 bridgehead atoms. The maximum absolute atomic E-state index is 6.21. The molecule has 0 saturated carbocycles. The number of thiophene rings is 1. The van der Waals surface area contributed by atoms with Crippen LogP contribution in [0.4, 0.5) is 5.82 Å². The van der Waals surface area contributed by atoms with Crippen molar-refractivity contribution in [2.75, 3.05) is 37.8 Å². The molecule has 4 heterocycles. The van der Waals surface area contributed by atoms with Crippen molar-refractivity contribution in [3.8, 4) is 10.7 Å². The molecule has 0 atom stereocenters. The van der Waals surface area contributed by atoms with Crippen LogP contribution in [0.15, 0.2) is 41.8 Å². The van der Waals surface area contributed by atoms with Crippen molar-refractivity contribution in [1.29, 1.82) is 0 Å². The van der Waals surface area contributed by atoms with Gasteiger partial charge in [0.05, 0.1) is 22.6 Å². The minimum absolute atomic E-state index is 0.106. The highest BCUT2D eigenvalue weighted by Crippen LogP contribution is 2.34. The van der Waals surface area contributed by atoms with Crippen molar-refractivity contribution in [2.24, 2.45) is 0 Å². The Hall–Kier alpha value is -2.02. The van der Waals surface area contributed by atoms with Crippen molar-refractivity contribution >= 4 is 28.1 Å². The lowest BCUT2D eigenvalue weighted by Crippen LogP contribution is -2.54. The smallest absolute Gasteiger partial charge is 0.172 e. The highest BCUT2D eigenvalue weighted by Gasteiger charge is 2.39. The third kappa shape index (κ3) is 2.88. The van der Waals surface area contributed by atoms with Gasteiger partial charge in [-0.3, -0.25) is 0 Å². The zero-order chi connectivity index (χ0) is 17.4. The minimum Gasteiger partial charge on any atom is -0.381 e. The summed E-state index contributed by atoms with van der Waals surface area (Å²) in [5.74, 6) is 1.83. The second-order valence-electron chi connectivity index (χ2n) is 6.93. The van der Waals surface area contributed by atoms with Crippen LogP contribution < -0.4 is 4.90 Å². The molecule has 2 aliphatic heterocycles. The van der Waals surface area contributed by atoms with Gasteiger partial charge in [0.25, 0.3) is 0 Å². The summed E-state index contributed by atoms with van der Waals surface area (Å²) in [5.41, 5.74) is 0.888. The molecule has 2 aromatic heterocycles. The first-order chi connectivity index (χ1) is 12.8. The van der Waals surface area contributed by atoms with Crippen LogP contribution in [0.2, 0.25) is 0 Å². The van der Waals surface area contributed by atoms with Gasteiger partial charge in [-0.15, -0.1) is 11.3 Å². The van der Waals surface area contributed by atoms with Crippen LogP contribution in [0.3, 0.4) is 0 Å². The fraction of sp³-hybridized carbons (Fsp3) is 0.400. The summed E-state index contributed by atoms with van der Waals surface area (Å²) in [6, 6.07) is 12.4. The van der Waals surface area contributed by atoms with Crippen LogP contribution >= 0.6 is 11.3 Å². The number of benzene rings is 1. The summed E-state index contributed by atoms with van der Waals surface area (Å²) >= 11 is 1.68. The first-order valence-electron chi connectivity index (χ1n) is 9.10. The lowest BCUT2D eigenvalue weighted by molar-refractivity contribution is -0.116. The second kappa shape index (κ2) is 6.61. The maximum atomic E-state index is 6.21. The van der Waals surface area contributed by atoms with Gasteiger partial charge in [0, 0.05) is 44.5 Å². The number of nitrogens with zero attached hydrogens (tertiary/aromatic N) is 3. The average molecular weight is 367 g/mol. The number of anilines is 1. The Bertz CT molecular complexity index is 901. The molecule has 0 amide bonds.